The molecule has 0 aliphatic carbocycles. The predicted octanol–water partition coefficient (Wildman–Crippen LogP) is 9.07. The van der Waals surface area contributed by atoms with Gasteiger partial charge in [0.2, 0.25) is 0 Å². The van der Waals surface area contributed by atoms with Crippen molar-refractivity contribution in [1.29, 1.82) is 0 Å². The first-order chi connectivity index (χ1) is 15.9. The van der Waals surface area contributed by atoms with Crippen molar-refractivity contribution >= 4 is 43.1 Å². The van der Waals surface area contributed by atoms with Gasteiger partial charge in [0.25, 0.3) is 0 Å². The quantitative estimate of drug-likeness (QED) is 0.199. The molecule has 0 amide bonds. The Morgan fingerprint density at radius 1 is 0.281 bits per heavy atom. The summed E-state index contributed by atoms with van der Waals surface area (Å²) in [5.74, 6) is 0. The van der Waals surface area contributed by atoms with Gasteiger partial charge in [-0.05, 0) is 65.3 Å². The molecule has 7 aromatic carbocycles. The first-order valence-corrected chi connectivity index (χ1v) is 11.1. The van der Waals surface area contributed by atoms with Gasteiger partial charge in [0.15, 0.2) is 0 Å². The van der Waals surface area contributed by atoms with Gasteiger partial charge in [0.05, 0.1) is 0 Å². The highest BCUT2D eigenvalue weighted by atomic mass is 14.2. The third-order valence-electron chi connectivity index (χ3n) is 6.81. The summed E-state index contributed by atoms with van der Waals surface area (Å²) in [7, 11) is 0. The van der Waals surface area contributed by atoms with Crippen LogP contribution in [0.15, 0.2) is 121 Å². The zero-order valence-corrected chi connectivity index (χ0v) is 17.5. The molecule has 0 bridgehead atoms. The van der Waals surface area contributed by atoms with Crippen LogP contribution in [-0.4, -0.2) is 0 Å². The second-order valence-corrected chi connectivity index (χ2v) is 8.51. The Morgan fingerprint density at radius 2 is 0.875 bits per heavy atom. The minimum Gasteiger partial charge on any atom is -0.0622 e. The summed E-state index contributed by atoms with van der Waals surface area (Å²) in [4.78, 5) is 0. The Hall–Kier alpha value is -4.16. The molecule has 7 rings (SSSR count). The highest BCUT2D eigenvalue weighted by Crippen LogP contribution is 2.45. The third kappa shape index (κ3) is 2.38. The van der Waals surface area contributed by atoms with Gasteiger partial charge in [-0.15, -0.1) is 0 Å². The van der Waals surface area contributed by atoms with Gasteiger partial charge in [0, 0.05) is 0 Å². The normalized spacial score (nSPS) is 11.8. The summed E-state index contributed by atoms with van der Waals surface area (Å²) < 4.78 is 0. The van der Waals surface area contributed by atoms with E-state index in [4.69, 9.17) is 0 Å². The van der Waals surface area contributed by atoms with Gasteiger partial charge >= 0.3 is 0 Å². The van der Waals surface area contributed by atoms with Crippen LogP contribution in [0.5, 0.6) is 0 Å². The van der Waals surface area contributed by atoms with E-state index in [1.165, 1.54) is 65.3 Å². The van der Waals surface area contributed by atoms with Crippen LogP contribution < -0.4 is 0 Å². The maximum absolute atomic E-state index is 2.32. The smallest absolute Gasteiger partial charge is 0.00139 e. The summed E-state index contributed by atoms with van der Waals surface area (Å²) in [6.07, 6.45) is 0. The molecule has 0 fully saturated rings. The Balaban J connectivity index is 1.72. The molecule has 0 heteroatoms. The van der Waals surface area contributed by atoms with Crippen LogP contribution in [0.1, 0.15) is 0 Å². The standard InChI is InChI=1S/C32H20/c1-2-9-21(10-3-1)24-14-4-5-15-25(24)28-20-19-23-13-7-17-27-26-16-6-11-22-12-8-18-29(30(22)26)32(28)31(23)27/h1-20H. The van der Waals surface area contributed by atoms with Gasteiger partial charge in [-0.2, -0.15) is 0 Å². The summed E-state index contributed by atoms with van der Waals surface area (Å²) in [6, 6.07) is 44.2. The summed E-state index contributed by atoms with van der Waals surface area (Å²) >= 11 is 0. The fourth-order valence-corrected chi connectivity index (χ4v) is 5.47. The van der Waals surface area contributed by atoms with Crippen molar-refractivity contribution in [3.8, 4) is 22.3 Å². The third-order valence-corrected chi connectivity index (χ3v) is 6.81. The number of fused-ring (bicyclic) bond motifs is 2. The molecular formula is C32H20. The van der Waals surface area contributed by atoms with E-state index in [1.54, 1.807) is 0 Å². The largest absolute Gasteiger partial charge is 0.0622 e. The van der Waals surface area contributed by atoms with E-state index < -0.39 is 0 Å². The molecule has 0 radical (unpaired) electrons. The molecule has 0 unspecified atom stereocenters. The zero-order valence-electron chi connectivity index (χ0n) is 17.5. The number of hydrogen-bond donors (Lipinski definition) is 0. The molecule has 0 heterocycles. The molecule has 0 saturated carbocycles. The van der Waals surface area contributed by atoms with Crippen molar-refractivity contribution in [3.63, 3.8) is 0 Å². The lowest BCUT2D eigenvalue weighted by molar-refractivity contribution is 1.60. The first-order valence-electron chi connectivity index (χ1n) is 11.1. The van der Waals surface area contributed by atoms with E-state index in [2.05, 4.69) is 121 Å². The molecule has 0 aromatic heterocycles. The minimum atomic E-state index is 1.25. The lowest BCUT2D eigenvalue weighted by atomic mass is 9.84. The molecule has 0 saturated heterocycles. The van der Waals surface area contributed by atoms with E-state index in [0.29, 0.717) is 0 Å². The second kappa shape index (κ2) is 6.67. The number of hydrogen-bond acceptors (Lipinski definition) is 0. The number of benzene rings is 7. The van der Waals surface area contributed by atoms with Gasteiger partial charge in [-0.1, -0.05) is 121 Å². The minimum absolute atomic E-state index is 1.25. The summed E-state index contributed by atoms with van der Waals surface area (Å²) in [6.45, 7) is 0. The number of rotatable bonds is 2. The average molecular weight is 405 g/mol. The van der Waals surface area contributed by atoms with Crippen molar-refractivity contribution < 1.29 is 0 Å². The zero-order chi connectivity index (χ0) is 21.1. The molecule has 148 valence electrons. The molecular weight excluding hydrogens is 384 g/mol. The maximum atomic E-state index is 2.32. The van der Waals surface area contributed by atoms with Crippen LogP contribution in [0.3, 0.4) is 0 Å². The average Bonchev–Trinajstić information content (AvgIpc) is 2.87. The lowest BCUT2D eigenvalue weighted by Crippen LogP contribution is -1.91. The summed E-state index contributed by atoms with van der Waals surface area (Å²) in [5, 5.41) is 10.7. The van der Waals surface area contributed by atoms with Crippen molar-refractivity contribution in [1.82, 2.24) is 0 Å². The van der Waals surface area contributed by atoms with Gasteiger partial charge < -0.3 is 0 Å². The van der Waals surface area contributed by atoms with Crippen molar-refractivity contribution in [3.05, 3.63) is 121 Å². The van der Waals surface area contributed by atoms with Gasteiger partial charge in [0.1, 0.15) is 0 Å². The van der Waals surface area contributed by atoms with Crippen molar-refractivity contribution in [2.45, 2.75) is 0 Å². The molecule has 32 heavy (non-hydrogen) atoms. The second-order valence-electron chi connectivity index (χ2n) is 8.51. The highest BCUT2D eigenvalue weighted by molar-refractivity contribution is 6.35. The van der Waals surface area contributed by atoms with Gasteiger partial charge in [-0.25, -0.2) is 0 Å². The Morgan fingerprint density at radius 3 is 1.62 bits per heavy atom. The van der Waals surface area contributed by atoms with Crippen LogP contribution in [0, 0.1) is 0 Å². The monoisotopic (exact) mass is 404 g/mol. The topological polar surface area (TPSA) is 0 Å². The van der Waals surface area contributed by atoms with E-state index >= 15 is 0 Å². The molecule has 0 aliphatic rings. The van der Waals surface area contributed by atoms with E-state index in [1.807, 2.05) is 0 Å². The first kappa shape index (κ1) is 17.5. The molecule has 0 aliphatic heterocycles. The van der Waals surface area contributed by atoms with Crippen LogP contribution >= 0.6 is 0 Å². The molecule has 0 N–H and O–H groups in total. The van der Waals surface area contributed by atoms with E-state index in [9.17, 15) is 0 Å². The SMILES string of the molecule is c1ccc(-c2ccccc2-c2ccc3cccc4c5cccc6cccc(c2c34)c65)cc1. The Kier molecular flexibility index (Phi) is 3.65. The Labute approximate surface area is 186 Å². The van der Waals surface area contributed by atoms with Crippen LogP contribution in [0.25, 0.3) is 65.3 Å². The lowest BCUT2D eigenvalue weighted by Gasteiger charge is -2.19. The Bertz CT molecular complexity index is 1750. The molecule has 7 aromatic rings. The van der Waals surface area contributed by atoms with Crippen LogP contribution in [0.4, 0.5) is 0 Å². The molecule has 0 atom stereocenters. The maximum Gasteiger partial charge on any atom is -0.00139 e. The highest BCUT2D eigenvalue weighted by Gasteiger charge is 2.17. The molecule has 0 spiro atoms. The van der Waals surface area contributed by atoms with Crippen molar-refractivity contribution in [2.75, 3.05) is 0 Å². The van der Waals surface area contributed by atoms with E-state index in [0.717, 1.165) is 0 Å². The van der Waals surface area contributed by atoms with Crippen LogP contribution in [-0.2, 0) is 0 Å². The fourth-order valence-electron chi connectivity index (χ4n) is 5.47. The van der Waals surface area contributed by atoms with Crippen LogP contribution in [0.2, 0.25) is 0 Å². The van der Waals surface area contributed by atoms with Crippen molar-refractivity contribution in [2.24, 2.45) is 0 Å². The molecule has 0 nitrogen and oxygen atoms in total. The van der Waals surface area contributed by atoms with Gasteiger partial charge in [-0.3, -0.25) is 0 Å². The predicted molar refractivity (Wildman–Crippen MR) is 139 cm³/mol. The van der Waals surface area contributed by atoms with E-state index in [-0.39, 0.29) is 0 Å². The summed E-state index contributed by atoms with van der Waals surface area (Å²) in [5.41, 5.74) is 5.10. The fraction of sp³-hybridized carbons (Fsp3) is 0.